The first kappa shape index (κ1) is 11.5. The normalized spacial score (nSPS) is 20.1. The fraction of sp³-hybridized carbons (Fsp3) is 0.500. The van der Waals surface area contributed by atoms with Crippen molar-refractivity contribution in [3.05, 3.63) is 23.8 Å². The van der Waals surface area contributed by atoms with Crippen molar-refractivity contribution in [1.29, 1.82) is 0 Å². The van der Waals surface area contributed by atoms with Crippen LogP contribution in [-0.4, -0.2) is 25.2 Å². The zero-order valence-corrected chi connectivity index (χ0v) is 10.4. The molecule has 1 aromatic carbocycles. The Hall–Kier alpha value is -1.55. The molecule has 2 N–H and O–H groups in total. The van der Waals surface area contributed by atoms with E-state index in [1.54, 1.807) is 0 Å². The van der Waals surface area contributed by atoms with Gasteiger partial charge in [0.2, 0.25) is 5.91 Å². The van der Waals surface area contributed by atoms with Gasteiger partial charge in [0.1, 0.15) is 0 Å². The van der Waals surface area contributed by atoms with Crippen LogP contribution in [0.1, 0.15) is 24.8 Å². The van der Waals surface area contributed by atoms with Gasteiger partial charge in [0.25, 0.3) is 0 Å². The van der Waals surface area contributed by atoms with E-state index in [4.69, 9.17) is 4.74 Å². The quantitative estimate of drug-likeness (QED) is 0.840. The molecule has 3 rings (SSSR count). The lowest BCUT2D eigenvalue weighted by Crippen LogP contribution is -2.28. The maximum absolute atomic E-state index is 11.3. The predicted molar refractivity (Wildman–Crippen MR) is 70.9 cm³/mol. The summed E-state index contributed by atoms with van der Waals surface area (Å²) in [6.45, 7) is 1.69. The highest BCUT2D eigenvalue weighted by molar-refractivity contribution is 5.94. The molecule has 0 unspecified atom stereocenters. The lowest BCUT2D eigenvalue weighted by molar-refractivity contribution is -0.116. The third-order valence-electron chi connectivity index (χ3n) is 3.59. The zero-order chi connectivity index (χ0) is 12.4. The first-order valence-electron chi connectivity index (χ1n) is 6.58. The number of hydrogen-bond acceptors (Lipinski definition) is 3. The molecule has 1 amide bonds. The van der Waals surface area contributed by atoms with Crippen molar-refractivity contribution in [2.45, 2.75) is 31.7 Å². The molecule has 0 saturated carbocycles. The molecule has 2 aliphatic rings. The summed E-state index contributed by atoms with van der Waals surface area (Å²) in [6, 6.07) is 6.70. The Balaban J connectivity index is 1.71. The summed E-state index contributed by atoms with van der Waals surface area (Å²) in [5, 5.41) is 6.45. The summed E-state index contributed by atoms with van der Waals surface area (Å²) < 4.78 is 5.35. The molecular weight excluding hydrogens is 228 g/mol. The van der Waals surface area contributed by atoms with E-state index in [1.807, 2.05) is 12.1 Å². The average molecular weight is 246 g/mol. The Kier molecular flexibility index (Phi) is 3.19. The molecule has 18 heavy (non-hydrogen) atoms. The predicted octanol–water partition coefficient (Wildman–Crippen LogP) is 2.16. The Morgan fingerprint density at radius 3 is 2.89 bits per heavy atom. The molecule has 0 spiro atoms. The van der Waals surface area contributed by atoms with Gasteiger partial charge in [-0.3, -0.25) is 4.79 Å². The van der Waals surface area contributed by atoms with Gasteiger partial charge in [0, 0.05) is 37.1 Å². The molecule has 0 atom stereocenters. The minimum absolute atomic E-state index is 0.118. The van der Waals surface area contributed by atoms with Gasteiger partial charge in [-0.15, -0.1) is 0 Å². The Morgan fingerprint density at radius 1 is 1.22 bits per heavy atom. The van der Waals surface area contributed by atoms with Crippen LogP contribution < -0.4 is 10.6 Å². The lowest BCUT2D eigenvalue weighted by atomic mass is 10.0. The third-order valence-corrected chi connectivity index (χ3v) is 3.59. The number of benzene rings is 1. The summed E-state index contributed by atoms with van der Waals surface area (Å²) in [5.74, 6) is 0.118. The third kappa shape index (κ3) is 2.48. The van der Waals surface area contributed by atoms with E-state index >= 15 is 0 Å². The summed E-state index contributed by atoms with van der Waals surface area (Å²) in [5.41, 5.74) is 3.34. The first-order chi connectivity index (χ1) is 8.81. The summed E-state index contributed by atoms with van der Waals surface area (Å²) >= 11 is 0. The van der Waals surface area contributed by atoms with Crippen LogP contribution >= 0.6 is 0 Å². The molecule has 4 nitrogen and oxygen atoms in total. The molecule has 1 fully saturated rings. The molecule has 96 valence electrons. The van der Waals surface area contributed by atoms with E-state index in [0.717, 1.165) is 43.9 Å². The number of nitrogens with one attached hydrogen (secondary N) is 2. The monoisotopic (exact) mass is 246 g/mol. The highest BCUT2D eigenvalue weighted by Crippen LogP contribution is 2.26. The van der Waals surface area contributed by atoms with Crippen LogP contribution in [-0.2, 0) is 16.0 Å². The van der Waals surface area contributed by atoms with Gasteiger partial charge < -0.3 is 15.4 Å². The second-order valence-corrected chi connectivity index (χ2v) is 4.95. The smallest absolute Gasteiger partial charge is 0.224 e. The number of anilines is 2. The van der Waals surface area contributed by atoms with Crippen molar-refractivity contribution in [2.24, 2.45) is 0 Å². The highest BCUT2D eigenvalue weighted by atomic mass is 16.5. The van der Waals surface area contributed by atoms with Crippen LogP contribution in [0.3, 0.4) is 0 Å². The van der Waals surface area contributed by atoms with Crippen molar-refractivity contribution in [3.63, 3.8) is 0 Å². The van der Waals surface area contributed by atoms with Crippen LogP contribution in [0.25, 0.3) is 0 Å². The molecule has 2 heterocycles. The molecular formula is C14H18N2O2. The van der Waals surface area contributed by atoms with Gasteiger partial charge in [-0.1, -0.05) is 0 Å². The van der Waals surface area contributed by atoms with Crippen LogP contribution in [0.5, 0.6) is 0 Å². The number of amides is 1. The molecule has 1 aromatic rings. The van der Waals surface area contributed by atoms with E-state index in [0.29, 0.717) is 12.5 Å². The fourth-order valence-electron chi connectivity index (χ4n) is 2.55. The van der Waals surface area contributed by atoms with Gasteiger partial charge in [0.05, 0.1) is 0 Å². The van der Waals surface area contributed by atoms with E-state index in [1.165, 1.54) is 5.56 Å². The summed E-state index contributed by atoms with van der Waals surface area (Å²) in [7, 11) is 0. The van der Waals surface area contributed by atoms with Crippen LogP contribution in [0.15, 0.2) is 18.2 Å². The van der Waals surface area contributed by atoms with E-state index in [-0.39, 0.29) is 5.91 Å². The van der Waals surface area contributed by atoms with Crippen molar-refractivity contribution in [1.82, 2.24) is 0 Å². The van der Waals surface area contributed by atoms with Crippen LogP contribution in [0.2, 0.25) is 0 Å². The molecule has 0 bridgehead atoms. The number of ether oxygens (including phenoxy) is 1. The van der Waals surface area contributed by atoms with Gasteiger partial charge >= 0.3 is 0 Å². The Labute approximate surface area is 107 Å². The van der Waals surface area contributed by atoms with E-state index < -0.39 is 0 Å². The van der Waals surface area contributed by atoms with Crippen molar-refractivity contribution in [3.8, 4) is 0 Å². The number of rotatable bonds is 2. The van der Waals surface area contributed by atoms with Gasteiger partial charge in [0.15, 0.2) is 0 Å². The largest absolute Gasteiger partial charge is 0.382 e. The van der Waals surface area contributed by atoms with Crippen LogP contribution in [0.4, 0.5) is 11.4 Å². The molecule has 0 aliphatic carbocycles. The number of aryl methyl sites for hydroxylation is 1. The zero-order valence-electron chi connectivity index (χ0n) is 10.4. The number of fused-ring (bicyclic) bond motifs is 1. The average Bonchev–Trinajstić information content (AvgIpc) is 2.40. The van der Waals surface area contributed by atoms with Gasteiger partial charge in [-0.2, -0.15) is 0 Å². The Bertz CT molecular complexity index is 453. The second-order valence-electron chi connectivity index (χ2n) is 4.95. The van der Waals surface area contributed by atoms with Crippen molar-refractivity contribution in [2.75, 3.05) is 23.8 Å². The summed E-state index contributed by atoms with van der Waals surface area (Å²) in [4.78, 5) is 11.3. The Morgan fingerprint density at radius 2 is 2.06 bits per heavy atom. The SMILES string of the molecule is O=C1CCc2cc(NC3CCOCC3)ccc2N1. The maximum atomic E-state index is 11.3. The number of carbonyl (C=O) groups excluding carboxylic acids is 1. The lowest BCUT2D eigenvalue weighted by Gasteiger charge is -2.25. The summed E-state index contributed by atoms with van der Waals surface area (Å²) in [6.07, 6.45) is 3.56. The van der Waals surface area contributed by atoms with Crippen molar-refractivity contribution < 1.29 is 9.53 Å². The molecule has 2 aliphatic heterocycles. The van der Waals surface area contributed by atoms with Crippen molar-refractivity contribution >= 4 is 17.3 Å². The minimum Gasteiger partial charge on any atom is -0.382 e. The first-order valence-corrected chi connectivity index (χ1v) is 6.58. The topological polar surface area (TPSA) is 50.4 Å². The second kappa shape index (κ2) is 4.98. The van der Waals surface area contributed by atoms with Gasteiger partial charge in [-0.25, -0.2) is 0 Å². The van der Waals surface area contributed by atoms with E-state index in [9.17, 15) is 4.79 Å². The standard InChI is InChI=1S/C14H18N2O2/c17-14-4-1-10-9-12(2-3-13(10)16-14)15-11-5-7-18-8-6-11/h2-3,9,11,15H,1,4-8H2,(H,16,17). The maximum Gasteiger partial charge on any atom is 0.224 e. The van der Waals surface area contributed by atoms with E-state index in [2.05, 4.69) is 16.7 Å². The molecule has 0 radical (unpaired) electrons. The molecule has 0 aromatic heterocycles. The van der Waals surface area contributed by atoms with Crippen LogP contribution in [0, 0.1) is 0 Å². The fourth-order valence-corrected chi connectivity index (χ4v) is 2.55. The highest BCUT2D eigenvalue weighted by Gasteiger charge is 2.17. The number of hydrogen-bond donors (Lipinski definition) is 2. The molecule has 4 heteroatoms. The molecule has 1 saturated heterocycles. The number of carbonyl (C=O) groups is 1. The minimum atomic E-state index is 0.118. The van der Waals surface area contributed by atoms with Gasteiger partial charge in [-0.05, 0) is 43.0 Å².